The number of rotatable bonds is 4. The van der Waals surface area contributed by atoms with Crippen LogP contribution in [-0.2, 0) is 9.59 Å². The van der Waals surface area contributed by atoms with Crippen molar-refractivity contribution < 1.29 is 9.59 Å². The molecule has 1 aliphatic heterocycles. The highest BCUT2D eigenvalue weighted by Gasteiger charge is 2.31. The third-order valence-corrected chi connectivity index (χ3v) is 3.60. The summed E-state index contributed by atoms with van der Waals surface area (Å²) in [5.41, 5.74) is -0.581. The Morgan fingerprint density at radius 2 is 2.06 bits per heavy atom. The molecule has 104 valence electrons. The molecule has 0 aliphatic carbocycles. The molecular weight excluding hydrogens is 230 g/mol. The fourth-order valence-electron chi connectivity index (χ4n) is 2.24. The first kappa shape index (κ1) is 15.0. The molecule has 1 aliphatic rings. The van der Waals surface area contributed by atoms with Gasteiger partial charge in [-0.3, -0.25) is 9.59 Å². The second-order valence-electron chi connectivity index (χ2n) is 5.73. The van der Waals surface area contributed by atoms with Crippen LogP contribution in [0, 0.1) is 11.3 Å². The van der Waals surface area contributed by atoms with E-state index in [0.29, 0.717) is 12.5 Å². The minimum atomic E-state index is -0.581. The molecule has 0 aromatic carbocycles. The lowest BCUT2D eigenvalue weighted by atomic mass is 9.90. The molecular formula is C13H25N3O2. The molecule has 0 aromatic rings. The Morgan fingerprint density at radius 1 is 1.39 bits per heavy atom. The first-order chi connectivity index (χ1) is 8.38. The van der Waals surface area contributed by atoms with E-state index in [1.807, 2.05) is 13.8 Å². The largest absolute Gasteiger partial charge is 0.359 e. The van der Waals surface area contributed by atoms with Crippen molar-refractivity contribution in [3.8, 4) is 0 Å². The maximum Gasteiger partial charge on any atom is 0.237 e. The summed E-state index contributed by atoms with van der Waals surface area (Å²) < 4.78 is 0. The zero-order chi connectivity index (χ0) is 13.8. The molecule has 0 spiro atoms. The molecule has 0 aromatic heterocycles. The quantitative estimate of drug-likeness (QED) is 0.675. The van der Waals surface area contributed by atoms with Crippen LogP contribution < -0.4 is 16.0 Å². The molecule has 2 atom stereocenters. The first-order valence-electron chi connectivity index (χ1n) is 6.62. The summed E-state index contributed by atoms with van der Waals surface area (Å²) in [6, 6.07) is -0.126. The average Bonchev–Trinajstić information content (AvgIpc) is 2.35. The Balaban J connectivity index is 2.47. The van der Waals surface area contributed by atoms with Gasteiger partial charge in [-0.2, -0.15) is 0 Å². The second kappa shape index (κ2) is 6.18. The highest BCUT2D eigenvalue weighted by atomic mass is 16.2. The summed E-state index contributed by atoms with van der Waals surface area (Å²) in [4.78, 5) is 23.7. The van der Waals surface area contributed by atoms with Gasteiger partial charge in [0.1, 0.15) is 0 Å². The van der Waals surface area contributed by atoms with E-state index in [-0.39, 0.29) is 17.9 Å². The van der Waals surface area contributed by atoms with Crippen LogP contribution in [0.3, 0.4) is 0 Å². The molecule has 1 saturated heterocycles. The third kappa shape index (κ3) is 3.70. The van der Waals surface area contributed by atoms with Crippen LogP contribution in [0.15, 0.2) is 0 Å². The molecule has 3 N–H and O–H groups in total. The van der Waals surface area contributed by atoms with E-state index < -0.39 is 5.41 Å². The number of hydrogen-bond acceptors (Lipinski definition) is 3. The molecule has 5 heteroatoms. The molecule has 5 nitrogen and oxygen atoms in total. The van der Waals surface area contributed by atoms with Gasteiger partial charge in [0.25, 0.3) is 0 Å². The number of carbonyl (C=O) groups is 2. The second-order valence-corrected chi connectivity index (χ2v) is 5.73. The van der Waals surface area contributed by atoms with Crippen LogP contribution >= 0.6 is 0 Å². The lowest BCUT2D eigenvalue weighted by Gasteiger charge is -2.30. The molecule has 1 rings (SSSR count). The van der Waals surface area contributed by atoms with Crippen molar-refractivity contribution in [3.63, 3.8) is 0 Å². The minimum Gasteiger partial charge on any atom is -0.359 e. The Labute approximate surface area is 109 Å². The van der Waals surface area contributed by atoms with E-state index in [0.717, 1.165) is 19.4 Å². The van der Waals surface area contributed by atoms with Crippen molar-refractivity contribution in [2.75, 3.05) is 20.1 Å². The van der Waals surface area contributed by atoms with Crippen LogP contribution in [-0.4, -0.2) is 38.0 Å². The average molecular weight is 255 g/mol. The number of piperidine rings is 1. The van der Waals surface area contributed by atoms with Gasteiger partial charge in [0.2, 0.25) is 11.8 Å². The fourth-order valence-corrected chi connectivity index (χ4v) is 2.24. The molecule has 1 fully saturated rings. The minimum absolute atomic E-state index is 0.000761. The Hall–Kier alpha value is -1.10. The van der Waals surface area contributed by atoms with Crippen molar-refractivity contribution in [1.82, 2.24) is 16.0 Å². The smallest absolute Gasteiger partial charge is 0.237 e. The molecule has 0 bridgehead atoms. The van der Waals surface area contributed by atoms with Gasteiger partial charge in [0.05, 0.1) is 11.5 Å². The Morgan fingerprint density at radius 3 is 2.61 bits per heavy atom. The summed E-state index contributed by atoms with van der Waals surface area (Å²) in [5.74, 6) is 0.286. The zero-order valence-electron chi connectivity index (χ0n) is 11.8. The van der Waals surface area contributed by atoms with Crippen LogP contribution in [0.1, 0.15) is 33.6 Å². The van der Waals surface area contributed by atoms with Gasteiger partial charge in [-0.1, -0.05) is 6.92 Å². The molecule has 1 heterocycles. The molecule has 0 saturated carbocycles. The summed E-state index contributed by atoms with van der Waals surface area (Å²) in [6.07, 6.45) is 2.19. The van der Waals surface area contributed by atoms with E-state index in [4.69, 9.17) is 0 Å². The third-order valence-electron chi connectivity index (χ3n) is 3.60. The molecule has 2 amide bonds. The standard InChI is InChI=1S/C13H25N3O2/c1-9-6-5-7-15-10(9)11(17)16-8-13(2,3)12(18)14-4/h9-10,15H,5-8H2,1-4H3,(H,14,18)(H,16,17). The normalized spacial score (nSPS) is 24.4. The van der Waals surface area contributed by atoms with Gasteiger partial charge in [0.15, 0.2) is 0 Å². The van der Waals surface area contributed by atoms with Gasteiger partial charge in [-0.05, 0) is 39.2 Å². The van der Waals surface area contributed by atoms with Gasteiger partial charge < -0.3 is 16.0 Å². The van der Waals surface area contributed by atoms with Crippen LogP contribution in [0.4, 0.5) is 0 Å². The van der Waals surface area contributed by atoms with Crippen LogP contribution in [0.5, 0.6) is 0 Å². The van der Waals surface area contributed by atoms with E-state index >= 15 is 0 Å². The van der Waals surface area contributed by atoms with Crippen molar-refractivity contribution in [1.29, 1.82) is 0 Å². The fraction of sp³-hybridized carbons (Fsp3) is 0.846. The van der Waals surface area contributed by atoms with Crippen molar-refractivity contribution in [2.24, 2.45) is 11.3 Å². The summed E-state index contributed by atoms with van der Waals surface area (Å²) in [6.45, 7) is 6.98. The molecule has 2 unspecified atom stereocenters. The van der Waals surface area contributed by atoms with Gasteiger partial charge in [-0.15, -0.1) is 0 Å². The zero-order valence-corrected chi connectivity index (χ0v) is 11.8. The van der Waals surface area contributed by atoms with Crippen molar-refractivity contribution in [2.45, 2.75) is 39.7 Å². The van der Waals surface area contributed by atoms with Gasteiger partial charge in [-0.25, -0.2) is 0 Å². The SMILES string of the molecule is CNC(=O)C(C)(C)CNC(=O)C1NCCCC1C. The lowest BCUT2D eigenvalue weighted by Crippen LogP contribution is -2.53. The summed E-state index contributed by atoms with van der Waals surface area (Å²) >= 11 is 0. The summed E-state index contributed by atoms with van der Waals surface area (Å²) in [7, 11) is 1.61. The van der Waals surface area contributed by atoms with Crippen molar-refractivity contribution >= 4 is 11.8 Å². The number of nitrogens with one attached hydrogen (secondary N) is 3. The lowest BCUT2D eigenvalue weighted by molar-refractivity contribution is -0.130. The number of hydrogen-bond donors (Lipinski definition) is 3. The predicted octanol–water partition coefficient (Wildman–Crippen LogP) is 0.263. The number of amides is 2. The Bertz CT molecular complexity index is 315. The van der Waals surface area contributed by atoms with Crippen LogP contribution in [0.2, 0.25) is 0 Å². The maximum atomic E-state index is 12.1. The van der Waals surface area contributed by atoms with E-state index in [9.17, 15) is 9.59 Å². The topological polar surface area (TPSA) is 70.2 Å². The number of carbonyl (C=O) groups excluding carboxylic acids is 2. The monoisotopic (exact) mass is 255 g/mol. The first-order valence-corrected chi connectivity index (χ1v) is 6.62. The molecule has 18 heavy (non-hydrogen) atoms. The van der Waals surface area contributed by atoms with Gasteiger partial charge in [0, 0.05) is 13.6 Å². The van der Waals surface area contributed by atoms with Crippen LogP contribution in [0.25, 0.3) is 0 Å². The maximum absolute atomic E-state index is 12.1. The van der Waals surface area contributed by atoms with E-state index in [1.165, 1.54) is 0 Å². The van der Waals surface area contributed by atoms with E-state index in [1.54, 1.807) is 7.05 Å². The van der Waals surface area contributed by atoms with Crippen molar-refractivity contribution in [3.05, 3.63) is 0 Å². The van der Waals surface area contributed by atoms with Gasteiger partial charge >= 0.3 is 0 Å². The molecule has 0 radical (unpaired) electrons. The Kier molecular flexibility index (Phi) is 5.14. The highest BCUT2D eigenvalue weighted by molar-refractivity contribution is 5.85. The summed E-state index contributed by atoms with van der Waals surface area (Å²) in [5, 5.41) is 8.72. The highest BCUT2D eigenvalue weighted by Crippen LogP contribution is 2.17. The predicted molar refractivity (Wildman–Crippen MR) is 71.0 cm³/mol. The van der Waals surface area contributed by atoms with E-state index in [2.05, 4.69) is 22.9 Å².